The van der Waals surface area contributed by atoms with Crippen LogP contribution in [0.3, 0.4) is 0 Å². The van der Waals surface area contributed by atoms with E-state index in [0.29, 0.717) is 40.8 Å². The van der Waals surface area contributed by atoms with Gasteiger partial charge in [-0.1, -0.05) is 11.6 Å². The molecular weight excluding hydrogens is 460 g/mol. The van der Waals surface area contributed by atoms with Crippen molar-refractivity contribution >= 4 is 23.2 Å². The summed E-state index contributed by atoms with van der Waals surface area (Å²) >= 11 is 6.00. The Bertz CT molecular complexity index is 1200. The van der Waals surface area contributed by atoms with Gasteiger partial charge in [-0.15, -0.1) is 0 Å². The first-order valence-electron chi connectivity index (χ1n) is 10.6. The van der Waals surface area contributed by atoms with Gasteiger partial charge in [0.05, 0.1) is 25.2 Å². The number of fused-ring (bicyclic) bond motifs is 1. The van der Waals surface area contributed by atoms with Crippen molar-refractivity contribution in [1.29, 1.82) is 0 Å². The van der Waals surface area contributed by atoms with E-state index < -0.39 is 11.0 Å². The zero-order valence-electron chi connectivity index (χ0n) is 18.7. The fourth-order valence-corrected chi connectivity index (χ4v) is 4.17. The first kappa shape index (κ1) is 23.4. The molecule has 0 radical (unpaired) electrons. The monoisotopic (exact) mass is 482 g/mol. The number of halogens is 1. The van der Waals surface area contributed by atoms with Gasteiger partial charge in [0.2, 0.25) is 0 Å². The van der Waals surface area contributed by atoms with E-state index in [1.54, 1.807) is 55.5 Å². The van der Waals surface area contributed by atoms with Crippen LogP contribution in [0.4, 0.5) is 5.69 Å². The minimum Gasteiger partial charge on any atom is -0.493 e. The number of benzene rings is 3. The maximum Gasteiger partial charge on any atom is 0.269 e. The third kappa shape index (κ3) is 4.77. The second-order valence-corrected chi connectivity index (χ2v) is 8.18. The molecule has 176 valence electrons. The van der Waals surface area contributed by atoms with Crippen LogP contribution in [0, 0.1) is 10.1 Å². The molecule has 34 heavy (non-hydrogen) atoms. The number of ether oxygens (including phenoxy) is 3. The molecule has 1 aliphatic rings. The topological polar surface area (TPSA) is 91.1 Å². The van der Waals surface area contributed by atoms with Crippen LogP contribution < -0.4 is 14.2 Å². The molecule has 0 saturated heterocycles. The molecule has 1 amide bonds. The predicted octanol–water partition coefficient (Wildman–Crippen LogP) is 5.08. The second kappa shape index (κ2) is 10.0. The van der Waals surface area contributed by atoms with Gasteiger partial charge in [-0.2, -0.15) is 0 Å². The molecule has 4 rings (SSSR count). The summed E-state index contributed by atoms with van der Waals surface area (Å²) in [5.74, 6) is 1.50. The molecule has 9 heteroatoms. The fraction of sp³-hybridized carbons (Fsp3) is 0.240. The van der Waals surface area contributed by atoms with Crippen molar-refractivity contribution < 1.29 is 23.9 Å². The lowest BCUT2D eigenvalue weighted by molar-refractivity contribution is -0.384. The third-order valence-electron chi connectivity index (χ3n) is 5.81. The van der Waals surface area contributed by atoms with Crippen LogP contribution in [0.25, 0.3) is 0 Å². The predicted molar refractivity (Wildman–Crippen MR) is 127 cm³/mol. The quantitative estimate of drug-likeness (QED) is 0.344. The Morgan fingerprint density at radius 3 is 2.32 bits per heavy atom. The second-order valence-electron chi connectivity index (χ2n) is 7.74. The fourth-order valence-electron chi connectivity index (χ4n) is 4.05. The summed E-state index contributed by atoms with van der Waals surface area (Å²) in [6.45, 7) is 0.637. The highest BCUT2D eigenvalue weighted by Gasteiger charge is 2.33. The maximum atomic E-state index is 13.4. The van der Waals surface area contributed by atoms with Crippen molar-refractivity contribution in [3.05, 3.63) is 92.5 Å². The normalized spacial score (nSPS) is 14.8. The van der Waals surface area contributed by atoms with E-state index in [1.165, 1.54) is 12.1 Å². The Morgan fingerprint density at radius 2 is 1.71 bits per heavy atom. The average molecular weight is 483 g/mol. The van der Waals surface area contributed by atoms with Crippen molar-refractivity contribution in [2.24, 2.45) is 0 Å². The van der Waals surface area contributed by atoms with Crippen LogP contribution in [-0.2, 0) is 6.42 Å². The van der Waals surface area contributed by atoms with Gasteiger partial charge in [0.25, 0.3) is 11.6 Å². The highest BCUT2D eigenvalue weighted by atomic mass is 35.5. The SMILES string of the molecule is COc1cc2c(cc1OC)[C@@H](COc1ccc([N+](=O)[O-])cc1)N(C(=O)c1ccc(Cl)cc1)CC2. The van der Waals surface area contributed by atoms with E-state index in [4.69, 9.17) is 25.8 Å². The number of rotatable bonds is 7. The Hall–Kier alpha value is -3.78. The number of amides is 1. The lowest BCUT2D eigenvalue weighted by Crippen LogP contribution is -2.42. The molecule has 3 aromatic carbocycles. The van der Waals surface area contributed by atoms with Gasteiger partial charge >= 0.3 is 0 Å². The van der Waals surface area contributed by atoms with Crippen molar-refractivity contribution in [3.8, 4) is 17.2 Å². The zero-order chi connectivity index (χ0) is 24.2. The van der Waals surface area contributed by atoms with Gasteiger partial charge in [0.1, 0.15) is 12.4 Å². The van der Waals surface area contributed by atoms with Crippen LogP contribution >= 0.6 is 11.6 Å². The molecule has 0 aliphatic carbocycles. The number of nitrogens with zero attached hydrogens (tertiary/aromatic N) is 2. The van der Waals surface area contributed by atoms with Gasteiger partial charge in [-0.05, 0) is 66.1 Å². The van der Waals surface area contributed by atoms with Crippen LogP contribution in [0.5, 0.6) is 17.2 Å². The van der Waals surface area contributed by atoms with Crippen molar-refractivity contribution in [1.82, 2.24) is 4.90 Å². The van der Waals surface area contributed by atoms with Crippen LogP contribution in [-0.4, -0.2) is 43.1 Å². The Morgan fingerprint density at radius 1 is 1.06 bits per heavy atom. The minimum absolute atomic E-state index is 0.0215. The van der Waals surface area contributed by atoms with E-state index in [2.05, 4.69) is 0 Å². The van der Waals surface area contributed by atoms with E-state index in [-0.39, 0.29) is 18.2 Å². The molecule has 0 aromatic heterocycles. The smallest absolute Gasteiger partial charge is 0.269 e. The summed E-state index contributed by atoms with van der Waals surface area (Å²) in [5, 5.41) is 11.5. The Labute approximate surface area is 201 Å². The summed E-state index contributed by atoms with van der Waals surface area (Å²) in [6.07, 6.45) is 0.642. The van der Waals surface area contributed by atoms with E-state index in [9.17, 15) is 14.9 Å². The molecule has 3 aromatic rings. The number of non-ortho nitro benzene ring substituents is 1. The Balaban J connectivity index is 1.67. The summed E-state index contributed by atoms with van der Waals surface area (Å²) in [7, 11) is 3.14. The van der Waals surface area contributed by atoms with E-state index in [0.717, 1.165) is 11.1 Å². The minimum atomic E-state index is -0.465. The van der Waals surface area contributed by atoms with Gasteiger partial charge in [0, 0.05) is 29.3 Å². The highest BCUT2D eigenvalue weighted by Crippen LogP contribution is 2.39. The standard InChI is InChI=1S/C25H23ClN2O6/c1-32-23-13-17-11-12-27(25(29)16-3-5-18(26)6-4-16)22(21(17)14-24(23)33-2)15-34-20-9-7-19(8-10-20)28(30)31/h3-10,13-14,22H,11-12,15H2,1-2H3/t22-/m1/s1. The first-order chi connectivity index (χ1) is 16.4. The number of hydrogen-bond acceptors (Lipinski definition) is 6. The highest BCUT2D eigenvalue weighted by molar-refractivity contribution is 6.30. The van der Waals surface area contributed by atoms with E-state index in [1.807, 2.05) is 12.1 Å². The zero-order valence-corrected chi connectivity index (χ0v) is 19.4. The summed E-state index contributed by atoms with van der Waals surface area (Å²) in [4.78, 5) is 25.7. The molecule has 0 spiro atoms. The Kier molecular flexibility index (Phi) is 6.88. The summed E-state index contributed by atoms with van der Waals surface area (Å²) in [5.41, 5.74) is 2.43. The molecular formula is C25H23ClN2O6. The van der Waals surface area contributed by atoms with Crippen LogP contribution in [0.2, 0.25) is 5.02 Å². The molecule has 1 heterocycles. The molecule has 8 nitrogen and oxygen atoms in total. The molecule has 1 atom stereocenters. The molecule has 0 saturated carbocycles. The number of methoxy groups -OCH3 is 2. The number of nitro benzene ring substituents is 1. The molecule has 0 bridgehead atoms. The van der Waals surface area contributed by atoms with Gasteiger partial charge in [-0.25, -0.2) is 0 Å². The van der Waals surface area contributed by atoms with Crippen molar-refractivity contribution in [2.75, 3.05) is 27.4 Å². The average Bonchev–Trinajstić information content (AvgIpc) is 2.86. The maximum absolute atomic E-state index is 13.4. The number of nitro groups is 1. The lowest BCUT2D eigenvalue weighted by Gasteiger charge is -2.37. The number of carbonyl (C=O) groups is 1. The number of carbonyl (C=O) groups excluding carboxylic acids is 1. The van der Waals surface area contributed by atoms with Crippen LogP contribution in [0.15, 0.2) is 60.7 Å². The van der Waals surface area contributed by atoms with Crippen molar-refractivity contribution in [2.45, 2.75) is 12.5 Å². The number of hydrogen-bond donors (Lipinski definition) is 0. The summed E-state index contributed by atoms with van der Waals surface area (Å²) in [6, 6.07) is 16.0. The molecule has 0 fully saturated rings. The molecule has 0 unspecified atom stereocenters. The van der Waals surface area contributed by atoms with Crippen molar-refractivity contribution in [3.63, 3.8) is 0 Å². The molecule has 0 N–H and O–H groups in total. The summed E-state index contributed by atoms with van der Waals surface area (Å²) < 4.78 is 16.9. The van der Waals surface area contributed by atoms with Crippen LogP contribution in [0.1, 0.15) is 27.5 Å². The van der Waals surface area contributed by atoms with Gasteiger partial charge < -0.3 is 19.1 Å². The largest absolute Gasteiger partial charge is 0.493 e. The third-order valence-corrected chi connectivity index (χ3v) is 6.06. The lowest BCUT2D eigenvalue weighted by atomic mass is 9.91. The van der Waals surface area contributed by atoms with Gasteiger partial charge in [-0.3, -0.25) is 14.9 Å². The first-order valence-corrected chi connectivity index (χ1v) is 11.0. The molecule has 1 aliphatic heterocycles. The van der Waals surface area contributed by atoms with E-state index >= 15 is 0 Å². The van der Waals surface area contributed by atoms with Gasteiger partial charge in [0.15, 0.2) is 11.5 Å².